The molecule has 0 amide bonds. The van der Waals surface area contributed by atoms with E-state index in [1.165, 1.54) is 20.7 Å². The Hall–Kier alpha value is -7.16. The molecular weight excluding hydrogens is 841 g/mol. The minimum atomic E-state index is -3.33. The van der Waals surface area contributed by atoms with Gasteiger partial charge in [-0.2, -0.15) is 10.5 Å². The molecule has 6 nitrogen and oxygen atoms in total. The van der Waals surface area contributed by atoms with Gasteiger partial charge in [0.05, 0.1) is 37.6 Å². The second-order valence-corrected chi connectivity index (χ2v) is 28.3. The molecule has 328 valence electrons. The summed E-state index contributed by atoms with van der Waals surface area (Å²) in [6.45, 7) is 13.9. The number of allylic oxidation sites excluding steroid dienone is 3. The van der Waals surface area contributed by atoms with E-state index in [4.69, 9.17) is 20.2 Å². The first-order valence-electron chi connectivity index (χ1n) is 22.4. The van der Waals surface area contributed by atoms with Gasteiger partial charge < -0.3 is 15.2 Å². The fraction of sp³-hybridized carbons (Fsp3) is 0.224. The number of aliphatic imine (C=N–C) groups is 1. The molecule has 0 aromatic heterocycles. The largest absolute Gasteiger partial charge is 0.497 e. The van der Waals surface area contributed by atoms with Crippen LogP contribution in [0.3, 0.4) is 0 Å². The zero-order valence-electron chi connectivity index (χ0n) is 39.1. The molecule has 2 aliphatic rings. The number of rotatable bonds is 9. The number of hydrogen-bond donors (Lipinski definition) is 1. The van der Waals surface area contributed by atoms with E-state index in [2.05, 4.69) is 186 Å². The van der Waals surface area contributed by atoms with Gasteiger partial charge in [-0.05, 0) is 71.4 Å². The Labute approximate surface area is 392 Å². The van der Waals surface area contributed by atoms with Crippen molar-refractivity contribution in [3.8, 4) is 35.1 Å². The minimum absolute atomic E-state index is 0.288. The Bertz CT molecular complexity index is 2890. The first kappa shape index (κ1) is 45.4. The van der Waals surface area contributed by atoms with E-state index >= 15 is 0 Å². The molecule has 8 rings (SSSR count). The Balaban J connectivity index is 1.61. The Morgan fingerprint density at radius 2 is 0.970 bits per heavy atom. The highest BCUT2D eigenvalue weighted by molar-refractivity contribution is 7.11. The third-order valence-electron chi connectivity index (χ3n) is 13.8. The average Bonchev–Trinajstić information content (AvgIpc) is 3.61. The van der Waals surface area contributed by atoms with Crippen LogP contribution in [-0.2, 0) is 0 Å². The number of nitriles is 2. The molecule has 8 heteroatoms. The number of benzene rings is 6. The maximum absolute atomic E-state index is 11.7. The van der Waals surface area contributed by atoms with Gasteiger partial charge in [-0.3, -0.25) is 4.99 Å². The molecule has 1 aliphatic heterocycles. The van der Waals surface area contributed by atoms with Crippen LogP contribution in [0.4, 0.5) is 0 Å². The second kappa shape index (κ2) is 17.7. The smallest absolute Gasteiger partial charge is 0.204 e. The van der Waals surface area contributed by atoms with E-state index in [1.54, 1.807) is 14.2 Å². The van der Waals surface area contributed by atoms with Crippen molar-refractivity contribution in [1.82, 2.24) is 0 Å². The summed E-state index contributed by atoms with van der Waals surface area (Å²) in [5, 5.41) is 28.3. The van der Waals surface area contributed by atoms with Gasteiger partial charge in [0.25, 0.3) is 0 Å². The molecule has 2 N–H and O–H groups in total. The third-order valence-corrected chi connectivity index (χ3v) is 24.9. The lowest BCUT2D eigenvalue weighted by atomic mass is 9.62. The molecule has 0 saturated heterocycles. The van der Waals surface area contributed by atoms with Crippen molar-refractivity contribution >= 4 is 42.6 Å². The highest BCUT2D eigenvalue weighted by Crippen LogP contribution is 2.59. The second-order valence-electron chi connectivity index (χ2n) is 19.2. The summed E-state index contributed by atoms with van der Waals surface area (Å²) >= 11 is 0. The maximum Gasteiger partial charge on any atom is 0.204 e. The average molecular weight is 897 g/mol. The first-order chi connectivity index (χ1) is 31.7. The molecular formula is C58H56N4O2Si2. The molecule has 0 spiro atoms. The van der Waals surface area contributed by atoms with Crippen LogP contribution in [0.5, 0.6) is 11.5 Å². The van der Waals surface area contributed by atoms with Gasteiger partial charge in [-0.25, -0.2) is 0 Å². The molecule has 1 aliphatic carbocycles. The predicted molar refractivity (Wildman–Crippen MR) is 274 cm³/mol. The van der Waals surface area contributed by atoms with Crippen molar-refractivity contribution in [3.05, 3.63) is 203 Å². The SMILES string of the molecule is COc1ccc([C@@H]2N=C3C(C#C[Si](c4ccccc4)(c4ccccc4)C(C)(C)C)=C([Si](c4ccccc4)(c4ccccc4)C(C)(C)C)C(N)=C3[C@@H](c3ccc(OC)cc3)C2(C#N)C#N)cc1. The Kier molecular flexibility index (Phi) is 12.2. The van der Waals surface area contributed by atoms with Gasteiger partial charge in [0.2, 0.25) is 8.07 Å². The summed E-state index contributed by atoms with van der Waals surface area (Å²) in [4.78, 5) is 5.69. The molecule has 0 saturated carbocycles. The number of methoxy groups -OCH3 is 2. The Morgan fingerprint density at radius 1 is 0.561 bits per heavy atom. The van der Waals surface area contributed by atoms with E-state index in [1.807, 2.05) is 48.5 Å². The first-order valence-corrected chi connectivity index (χ1v) is 26.4. The zero-order chi connectivity index (χ0) is 46.9. The molecule has 0 radical (unpaired) electrons. The topological polar surface area (TPSA) is 104 Å². The fourth-order valence-electron chi connectivity index (χ4n) is 10.8. The zero-order valence-corrected chi connectivity index (χ0v) is 41.1. The predicted octanol–water partition coefficient (Wildman–Crippen LogP) is 9.75. The monoisotopic (exact) mass is 896 g/mol. The van der Waals surface area contributed by atoms with Crippen LogP contribution >= 0.6 is 0 Å². The summed E-state index contributed by atoms with van der Waals surface area (Å²) in [5.74, 6) is 4.52. The summed E-state index contributed by atoms with van der Waals surface area (Å²) in [6.07, 6.45) is 0. The summed E-state index contributed by atoms with van der Waals surface area (Å²) in [6, 6.07) is 62.5. The van der Waals surface area contributed by atoms with Crippen LogP contribution < -0.4 is 36.0 Å². The molecule has 6 aromatic carbocycles. The van der Waals surface area contributed by atoms with Crippen LogP contribution in [0.1, 0.15) is 64.6 Å². The van der Waals surface area contributed by atoms with E-state index in [9.17, 15) is 10.5 Å². The fourth-order valence-corrected chi connectivity index (χ4v) is 21.1. The van der Waals surface area contributed by atoms with E-state index in [0.717, 1.165) is 16.3 Å². The van der Waals surface area contributed by atoms with Crippen LogP contribution in [0.25, 0.3) is 0 Å². The number of nitrogens with two attached hydrogens (primary N) is 1. The van der Waals surface area contributed by atoms with Gasteiger partial charge in [0, 0.05) is 17.2 Å². The van der Waals surface area contributed by atoms with Crippen molar-refractivity contribution in [3.63, 3.8) is 0 Å². The van der Waals surface area contributed by atoms with Crippen LogP contribution in [-0.4, -0.2) is 36.1 Å². The maximum atomic E-state index is 11.7. The van der Waals surface area contributed by atoms with E-state index in [0.29, 0.717) is 34.0 Å². The van der Waals surface area contributed by atoms with Crippen molar-refractivity contribution in [2.75, 3.05) is 14.2 Å². The van der Waals surface area contributed by atoms with Gasteiger partial charge in [0.1, 0.15) is 17.5 Å². The highest BCUT2D eigenvalue weighted by Gasteiger charge is 2.61. The Morgan fingerprint density at radius 3 is 1.35 bits per heavy atom. The lowest BCUT2D eigenvalue weighted by Gasteiger charge is -2.46. The lowest BCUT2D eigenvalue weighted by molar-refractivity contribution is 0.361. The van der Waals surface area contributed by atoms with E-state index < -0.39 is 38.6 Å². The van der Waals surface area contributed by atoms with Crippen LogP contribution in [0.15, 0.2) is 197 Å². The van der Waals surface area contributed by atoms with Crippen LogP contribution in [0, 0.1) is 39.5 Å². The number of hydrogen-bond acceptors (Lipinski definition) is 6. The molecule has 2 atom stereocenters. The van der Waals surface area contributed by atoms with Gasteiger partial charge in [0.15, 0.2) is 13.5 Å². The number of fused-ring (bicyclic) bond motifs is 1. The van der Waals surface area contributed by atoms with Gasteiger partial charge >= 0.3 is 0 Å². The summed E-state index contributed by atoms with van der Waals surface area (Å²) in [7, 11) is -3.12. The number of ether oxygens (including phenoxy) is 2. The highest BCUT2D eigenvalue weighted by atomic mass is 28.3. The minimum Gasteiger partial charge on any atom is -0.497 e. The van der Waals surface area contributed by atoms with Crippen LogP contribution in [0.2, 0.25) is 10.1 Å². The molecule has 0 bridgehead atoms. The normalized spacial score (nSPS) is 17.1. The van der Waals surface area contributed by atoms with E-state index in [-0.39, 0.29) is 5.04 Å². The lowest BCUT2D eigenvalue weighted by Crippen LogP contribution is -2.66. The van der Waals surface area contributed by atoms with Crippen molar-refractivity contribution in [1.29, 1.82) is 10.5 Å². The third kappa shape index (κ3) is 7.21. The van der Waals surface area contributed by atoms with Crippen molar-refractivity contribution in [2.24, 2.45) is 16.1 Å². The number of nitrogens with zero attached hydrogens (tertiary/aromatic N) is 3. The standard InChI is InChI=1S/C58H56N4O2Si2/c1-56(2,3)65(45-21-13-9-14-22-45,46-23-15-10-16-24-46)38-37-49-53-50(52(61)54(49)66(57(4,5)6,47-25-17-11-18-26-47)48-27-19-12-20-28-48)51(41-29-33-43(63-7)34-30-41)58(39-59,40-60)55(62-53)42-31-35-44(64-8)36-32-42/h9-36,51,55H,61H2,1-8H3/t51-,55+/m1/s1. The quantitative estimate of drug-likeness (QED) is 0.115. The summed E-state index contributed by atoms with van der Waals surface area (Å²) in [5.41, 5.74) is 14.5. The molecule has 6 aromatic rings. The molecule has 66 heavy (non-hydrogen) atoms. The molecule has 0 fully saturated rings. The van der Waals surface area contributed by atoms with Gasteiger partial charge in [-0.15, -0.1) is 5.54 Å². The van der Waals surface area contributed by atoms with Gasteiger partial charge in [-0.1, -0.05) is 193 Å². The summed E-state index contributed by atoms with van der Waals surface area (Å²) < 4.78 is 11.2. The molecule has 0 unspecified atom stereocenters. The van der Waals surface area contributed by atoms with Crippen molar-refractivity contribution < 1.29 is 9.47 Å². The van der Waals surface area contributed by atoms with Crippen molar-refractivity contribution in [2.45, 2.75) is 63.6 Å². The molecule has 1 heterocycles.